The second-order valence-corrected chi connectivity index (χ2v) is 11.3. The molecule has 3 rings (SSSR count). The Morgan fingerprint density at radius 3 is 2.53 bits per heavy atom. The molecule has 8 heteroatoms. The van der Waals surface area contributed by atoms with Crippen LogP contribution in [0.3, 0.4) is 0 Å². The van der Waals surface area contributed by atoms with Gasteiger partial charge in [0.1, 0.15) is 6.04 Å². The average molecular weight is 547 g/mol. The molecule has 0 aliphatic heterocycles. The molecule has 2 aromatic carbocycles. The van der Waals surface area contributed by atoms with Gasteiger partial charge in [0.15, 0.2) is 0 Å². The lowest BCUT2D eigenvalue weighted by Gasteiger charge is -2.25. The number of aryl methyl sites for hydroxylation is 1. The number of carbonyl (C=O) groups excluding carboxylic acids is 2. The Labute approximate surface area is 229 Å². The van der Waals surface area contributed by atoms with E-state index < -0.39 is 23.7 Å². The predicted octanol–water partition coefficient (Wildman–Crippen LogP) is 6.68. The summed E-state index contributed by atoms with van der Waals surface area (Å²) in [6, 6.07) is 12.7. The minimum absolute atomic E-state index is 0.0223. The third-order valence-electron chi connectivity index (χ3n) is 7.30. The Hall–Kier alpha value is -2.45. The number of hydrogen-bond donors (Lipinski definition) is 1. The molecular formula is C30H40F2N2O3S. The first kappa shape index (κ1) is 30.1. The van der Waals surface area contributed by atoms with Crippen LogP contribution in [0.15, 0.2) is 42.5 Å². The maximum atomic E-state index is 13.4. The van der Waals surface area contributed by atoms with E-state index in [-0.39, 0.29) is 12.2 Å². The van der Waals surface area contributed by atoms with E-state index in [0.717, 1.165) is 41.3 Å². The van der Waals surface area contributed by atoms with Crippen molar-refractivity contribution in [3.63, 3.8) is 0 Å². The van der Waals surface area contributed by atoms with Crippen LogP contribution in [-0.4, -0.2) is 55.0 Å². The van der Waals surface area contributed by atoms with Gasteiger partial charge in [-0.15, -0.1) is 0 Å². The van der Waals surface area contributed by atoms with Crippen LogP contribution >= 0.6 is 11.8 Å². The van der Waals surface area contributed by atoms with Crippen LogP contribution in [0.5, 0.6) is 0 Å². The molecule has 0 spiro atoms. The zero-order chi connectivity index (χ0) is 27.5. The highest BCUT2D eigenvalue weighted by Gasteiger charge is 2.25. The number of thioether (sulfide) groups is 1. The van der Waals surface area contributed by atoms with Crippen molar-refractivity contribution < 1.29 is 23.1 Å². The van der Waals surface area contributed by atoms with E-state index in [0.29, 0.717) is 17.3 Å². The molecule has 1 fully saturated rings. The summed E-state index contributed by atoms with van der Waals surface area (Å²) in [4.78, 5) is 28.0. The normalized spacial score (nSPS) is 15.0. The molecule has 0 bridgehead atoms. The number of methoxy groups -OCH3 is 1. The summed E-state index contributed by atoms with van der Waals surface area (Å²) in [5.41, 5.74) is 4.28. The van der Waals surface area contributed by atoms with Gasteiger partial charge >= 0.3 is 5.97 Å². The first-order valence-corrected chi connectivity index (χ1v) is 14.5. The molecule has 1 aliphatic carbocycles. The third kappa shape index (κ3) is 9.09. The number of halogens is 2. The van der Waals surface area contributed by atoms with Crippen molar-refractivity contribution in [3.8, 4) is 11.1 Å². The minimum atomic E-state index is -2.54. The summed E-state index contributed by atoms with van der Waals surface area (Å²) >= 11 is 0.436. The first-order valence-electron chi connectivity index (χ1n) is 13.4. The lowest BCUT2D eigenvalue weighted by Crippen LogP contribution is -2.42. The molecule has 5 nitrogen and oxygen atoms in total. The topological polar surface area (TPSA) is 58.6 Å². The van der Waals surface area contributed by atoms with Gasteiger partial charge in [-0.25, -0.2) is 4.79 Å². The standard InChI is InChI=1S/C30H40F2N2O3S/c1-21-9-7-8-12-24(21)26-19-23(20-34(2)17-15-22-10-5-4-6-11-22)13-14-25(26)28(35)33-27(29(36)37-3)16-18-38-30(31)32/h7-9,12-14,19,22,27,30H,4-6,10-11,15-18,20H2,1-3H3,(H,33,35)/t27-/m0/s1. The van der Waals surface area contributed by atoms with Crippen molar-refractivity contribution in [2.24, 2.45) is 5.92 Å². The summed E-state index contributed by atoms with van der Waals surface area (Å²) in [7, 11) is 3.36. The highest BCUT2D eigenvalue weighted by atomic mass is 32.2. The molecule has 1 aliphatic rings. The number of esters is 1. The number of nitrogens with one attached hydrogen (secondary N) is 1. The van der Waals surface area contributed by atoms with Crippen LogP contribution in [0.4, 0.5) is 8.78 Å². The van der Waals surface area contributed by atoms with Crippen LogP contribution in [-0.2, 0) is 16.1 Å². The molecule has 0 unspecified atom stereocenters. The SMILES string of the molecule is COC(=O)[C@H](CCSC(F)F)NC(=O)c1ccc(CN(C)CCC2CCCCC2)cc1-c1ccccc1C. The minimum Gasteiger partial charge on any atom is -0.467 e. The molecule has 0 saturated heterocycles. The third-order valence-corrected chi connectivity index (χ3v) is 8.02. The molecule has 38 heavy (non-hydrogen) atoms. The molecule has 1 amide bonds. The largest absolute Gasteiger partial charge is 0.467 e. The van der Waals surface area contributed by atoms with E-state index in [1.165, 1.54) is 45.6 Å². The highest BCUT2D eigenvalue weighted by molar-refractivity contribution is 7.99. The van der Waals surface area contributed by atoms with Crippen molar-refractivity contribution in [2.75, 3.05) is 26.5 Å². The van der Waals surface area contributed by atoms with E-state index in [9.17, 15) is 18.4 Å². The van der Waals surface area contributed by atoms with Gasteiger partial charge in [-0.1, -0.05) is 74.2 Å². The van der Waals surface area contributed by atoms with E-state index >= 15 is 0 Å². The van der Waals surface area contributed by atoms with Gasteiger partial charge in [0.25, 0.3) is 11.7 Å². The van der Waals surface area contributed by atoms with Gasteiger partial charge in [-0.05, 0) is 73.7 Å². The average Bonchev–Trinajstić information content (AvgIpc) is 2.91. The number of amides is 1. The monoisotopic (exact) mass is 546 g/mol. The van der Waals surface area contributed by atoms with Gasteiger partial charge in [0.05, 0.1) is 7.11 Å². The number of carbonyl (C=O) groups is 2. The molecule has 1 N–H and O–H groups in total. The molecular weight excluding hydrogens is 506 g/mol. The van der Waals surface area contributed by atoms with Crippen molar-refractivity contribution >= 4 is 23.6 Å². The second-order valence-electron chi connectivity index (χ2n) is 10.2. The van der Waals surface area contributed by atoms with Gasteiger partial charge in [0.2, 0.25) is 0 Å². The quantitative estimate of drug-likeness (QED) is 0.284. The Kier molecular flexibility index (Phi) is 12.1. The number of benzene rings is 2. The lowest BCUT2D eigenvalue weighted by molar-refractivity contribution is -0.142. The van der Waals surface area contributed by atoms with Crippen LogP contribution in [0.1, 0.15) is 66.4 Å². The summed E-state index contributed by atoms with van der Waals surface area (Å²) < 4.78 is 30.0. The fraction of sp³-hybridized carbons (Fsp3) is 0.533. The van der Waals surface area contributed by atoms with Crippen LogP contribution < -0.4 is 5.32 Å². The fourth-order valence-corrected chi connectivity index (χ4v) is 5.71. The maximum Gasteiger partial charge on any atom is 0.328 e. The Balaban J connectivity index is 1.79. The summed E-state index contributed by atoms with van der Waals surface area (Å²) in [6.07, 6.45) is 7.99. The van der Waals surface area contributed by atoms with Gasteiger partial charge in [-0.3, -0.25) is 4.79 Å². The summed E-state index contributed by atoms with van der Waals surface area (Å²) in [5, 5.41) is 2.72. The zero-order valence-corrected chi connectivity index (χ0v) is 23.5. The number of ether oxygens (including phenoxy) is 1. The van der Waals surface area contributed by atoms with Crippen LogP contribution in [0, 0.1) is 12.8 Å². The lowest BCUT2D eigenvalue weighted by atomic mass is 9.87. The van der Waals surface area contributed by atoms with E-state index in [1.807, 2.05) is 43.3 Å². The molecule has 0 aromatic heterocycles. The Morgan fingerprint density at radius 2 is 1.84 bits per heavy atom. The fourth-order valence-electron chi connectivity index (χ4n) is 5.16. The van der Waals surface area contributed by atoms with Crippen molar-refractivity contribution in [3.05, 3.63) is 59.2 Å². The van der Waals surface area contributed by atoms with Crippen molar-refractivity contribution in [1.29, 1.82) is 0 Å². The second kappa shape index (κ2) is 15.2. The number of nitrogens with zero attached hydrogens (tertiary/aromatic N) is 1. The van der Waals surface area contributed by atoms with Gasteiger partial charge in [0, 0.05) is 17.9 Å². The number of hydrogen-bond acceptors (Lipinski definition) is 5. The molecule has 1 atom stereocenters. The van der Waals surface area contributed by atoms with Gasteiger partial charge in [-0.2, -0.15) is 8.78 Å². The van der Waals surface area contributed by atoms with E-state index in [1.54, 1.807) is 6.07 Å². The Morgan fingerprint density at radius 1 is 1.11 bits per heavy atom. The molecule has 2 aromatic rings. The van der Waals surface area contributed by atoms with E-state index in [4.69, 9.17) is 4.74 Å². The molecule has 1 saturated carbocycles. The highest BCUT2D eigenvalue weighted by Crippen LogP contribution is 2.30. The van der Waals surface area contributed by atoms with E-state index in [2.05, 4.69) is 17.3 Å². The number of rotatable bonds is 13. The first-order chi connectivity index (χ1) is 18.3. The van der Waals surface area contributed by atoms with Crippen LogP contribution in [0.25, 0.3) is 11.1 Å². The summed E-state index contributed by atoms with van der Waals surface area (Å²) in [5.74, 6) is -2.78. The van der Waals surface area contributed by atoms with Crippen molar-refractivity contribution in [2.45, 2.75) is 70.2 Å². The van der Waals surface area contributed by atoms with Crippen LogP contribution in [0.2, 0.25) is 0 Å². The molecule has 0 radical (unpaired) electrons. The predicted molar refractivity (Wildman–Crippen MR) is 150 cm³/mol. The smallest absolute Gasteiger partial charge is 0.328 e. The zero-order valence-electron chi connectivity index (χ0n) is 22.7. The maximum absolute atomic E-state index is 13.4. The van der Waals surface area contributed by atoms with Crippen molar-refractivity contribution in [1.82, 2.24) is 10.2 Å². The molecule has 208 valence electrons. The summed E-state index contributed by atoms with van der Waals surface area (Å²) in [6.45, 7) is 3.80. The number of alkyl halides is 2. The van der Waals surface area contributed by atoms with Gasteiger partial charge < -0.3 is 15.0 Å². The Bertz CT molecular complexity index is 1060. The molecule has 0 heterocycles.